The molecule has 0 atom stereocenters. The van der Waals surface area contributed by atoms with Gasteiger partial charge in [0.15, 0.2) is 5.82 Å². The number of benzene rings is 1. The molecule has 0 unspecified atom stereocenters. The Kier molecular flexibility index (Phi) is 3.06. The number of anilines is 1. The van der Waals surface area contributed by atoms with Crippen molar-refractivity contribution in [3.8, 4) is 11.4 Å². The van der Waals surface area contributed by atoms with E-state index in [1.165, 1.54) is 12.1 Å². The van der Waals surface area contributed by atoms with Crippen LogP contribution in [0.15, 0.2) is 30.3 Å². The summed E-state index contributed by atoms with van der Waals surface area (Å²) in [6, 6.07) is 8.77. The number of aromatic nitrogens is 2. The standard InChI is InChI=1S/C14H14N4O2/c1-9-7-13(16-11-5-6-11)17-14(15-9)10-3-2-4-12(8-10)18(19)20/h2-4,7-8,11H,5-6H2,1H3,(H,15,16,17). The summed E-state index contributed by atoms with van der Waals surface area (Å²) in [7, 11) is 0. The SMILES string of the molecule is Cc1cc(NC2CC2)nc(-c2cccc([N+](=O)[O-])c2)n1. The van der Waals surface area contributed by atoms with Crippen LogP contribution in [0.5, 0.6) is 0 Å². The van der Waals surface area contributed by atoms with Crippen LogP contribution in [0.4, 0.5) is 11.5 Å². The highest BCUT2D eigenvalue weighted by atomic mass is 16.6. The smallest absolute Gasteiger partial charge is 0.270 e. The van der Waals surface area contributed by atoms with Gasteiger partial charge < -0.3 is 5.32 Å². The number of nitrogens with zero attached hydrogens (tertiary/aromatic N) is 3. The molecule has 6 heteroatoms. The molecule has 1 fully saturated rings. The van der Waals surface area contributed by atoms with Crippen molar-refractivity contribution in [1.29, 1.82) is 0 Å². The molecule has 3 rings (SSSR count). The molecule has 0 amide bonds. The molecule has 0 aliphatic heterocycles. The van der Waals surface area contributed by atoms with Crippen molar-refractivity contribution in [2.45, 2.75) is 25.8 Å². The number of rotatable bonds is 4. The average Bonchev–Trinajstić information content (AvgIpc) is 3.22. The van der Waals surface area contributed by atoms with Crippen molar-refractivity contribution in [3.63, 3.8) is 0 Å². The van der Waals surface area contributed by atoms with Crippen molar-refractivity contribution in [2.24, 2.45) is 0 Å². The van der Waals surface area contributed by atoms with E-state index in [0.717, 1.165) is 24.4 Å². The van der Waals surface area contributed by atoms with Crippen molar-refractivity contribution in [3.05, 3.63) is 46.1 Å². The first kappa shape index (κ1) is 12.5. The van der Waals surface area contributed by atoms with Gasteiger partial charge in [0.2, 0.25) is 0 Å². The summed E-state index contributed by atoms with van der Waals surface area (Å²) in [6.45, 7) is 1.89. The molecule has 1 aromatic carbocycles. The predicted octanol–water partition coefficient (Wildman–Crippen LogP) is 2.93. The number of non-ortho nitro benzene ring substituents is 1. The molecule has 1 saturated carbocycles. The first-order valence-corrected chi connectivity index (χ1v) is 6.49. The lowest BCUT2D eigenvalue weighted by Gasteiger charge is -2.07. The Morgan fingerprint density at radius 1 is 1.30 bits per heavy atom. The van der Waals surface area contributed by atoms with E-state index in [2.05, 4.69) is 15.3 Å². The summed E-state index contributed by atoms with van der Waals surface area (Å²) in [6.07, 6.45) is 2.32. The molecule has 1 aromatic heterocycles. The molecule has 6 nitrogen and oxygen atoms in total. The van der Waals surface area contributed by atoms with Crippen LogP contribution in [0.25, 0.3) is 11.4 Å². The lowest BCUT2D eigenvalue weighted by atomic mass is 10.2. The molecular formula is C14H14N4O2. The van der Waals surface area contributed by atoms with Crippen molar-refractivity contribution in [1.82, 2.24) is 9.97 Å². The third-order valence-electron chi connectivity index (χ3n) is 3.10. The third-order valence-corrected chi connectivity index (χ3v) is 3.10. The van der Waals surface area contributed by atoms with Gasteiger partial charge in [-0.2, -0.15) is 0 Å². The second-order valence-corrected chi connectivity index (χ2v) is 4.94. The molecule has 0 spiro atoms. The fourth-order valence-corrected chi connectivity index (χ4v) is 1.97. The number of aryl methyl sites for hydroxylation is 1. The normalized spacial score (nSPS) is 14.1. The quantitative estimate of drug-likeness (QED) is 0.682. The van der Waals surface area contributed by atoms with Gasteiger partial charge in [-0.3, -0.25) is 10.1 Å². The molecule has 1 aliphatic carbocycles. The van der Waals surface area contributed by atoms with Crippen LogP contribution in [-0.2, 0) is 0 Å². The first-order chi connectivity index (χ1) is 9.61. The highest BCUT2D eigenvalue weighted by Gasteiger charge is 2.21. The van der Waals surface area contributed by atoms with Gasteiger partial charge >= 0.3 is 0 Å². The Morgan fingerprint density at radius 3 is 2.80 bits per heavy atom. The Balaban J connectivity index is 1.97. The van der Waals surface area contributed by atoms with Crippen LogP contribution >= 0.6 is 0 Å². The van der Waals surface area contributed by atoms with Crippen LogP contribution in [0.2, 0.25) is 0 Å². The summed E-state index contributed by atoms with van der Waals surface area (Å²) in [5.74, 6) is 1.29. The highest BCUT2D eigenvalue weighted by Crippen LogP contribution is 2.26. The lowest BCUT2D eigenvalue weighted by Crippen LogP contribution is -2.05. The number of hydrogen-bond acceptors (Lipinski definition) is 5. The summed E-state index contributed by atoms with van der Waals surface area (Å²) in [5.41, 5.74) is 1.54. The van der Waals surface area contributed by atoms with E-state index < -0.39 is 4.92 Å². The second-order valence-electron chi connectivity index (χ2n) is 4.94. The van der Waals surface area contributed by atoms with Crippen molar-refractivity contribution >= 4 is 11.5 Å². The van der Waals surface area contributed by atoms with Gasteiger partial charge in [-0.25, -0.2) is 9.97 Å². The monoisotopic (exact) mass is 270 g/mol. The molecule has 20 heavy (non-hydrogen) atoms. The minimum Gasteiger partial charge on any atom is -0.367 e. The maximum Gasteiger partial charge on any atom is 0.270 e. The molecule has 102 valence electrons. The maximum atomic E-state index is 10.8. The van der Waals surface area contributed by atoms with E-state index in [1.807, 2.05) is 13.0 Å². The number of nitrogens with one attached hydrogen (secondary N) is 1. The summed E-state index contributed by atoms with van der Waals surface area (Å²) in [4.78, 5) is 19.2. The molecule has 1 heterocycles. The van der Waals surface area contributed by atoms with E-state index in [4.69, 9.17) is 0 Å². The van der Waals surface area contributed by atoms with Crippen LogP contribution < -0.4 is 5.32 Å². The Labute approximate surface area is 116 Å². The van der Waals surface area contributed by atoms with Crippen LogP contribution in [0.1, 0.15) is 18.5 Å². The zero-order chi connectivity index (χ0) is 14.1. The number of hydrogen-bond donors (Lipinski definition) is 1. The largest absolute Gasteiger partial charge is 0.367 e. The van der Waals surface area contributed by atoms with Crippen LogP contribution in [0, 0.1) is 17.0 Å². The van der Waals surface area contributed by atoms with E-state index in [9.17, 15) is 10.1 Å². The maximum absolute atomic E-state index is 10.8. The van der Waals surface area contributed by atoms with E-state index >= 15 is 0 Å². The number of nitro groups is 1. The Hall–Kier alpha value is -2.50. The van der Waals surface area contributed by atoms with Gasteiger partial charge in [0.25, 0.3) is 5.69 Å². The highest BCUT2D eigenvalue weighted by molar-refractivity contribution is 5.61. The van der Waals surface area contributed by atoms with Crippen molar-refractivity contribution in [2.75, 3.05) is 5.32 Å². The van der Waals surface area contributed by atoms with Crippen LogP contribution in [0.3, 0.4) is 0 Å². The topological polar surface area (TPSA) is 81.0 Å². The summed E-state index contributed by atoms with van der Waals surface area (Å²) < 4.78 is 0. The minimum atomic E-state index is -0.414. The third kappa shape index (κ3) is 2.74. The molecule has 0 saturated heterocycles. The van der Waals surface area contributed by atoms with Gasteiger partial charge in [-0.15, -0.1) is 0 Å². The van der Waals surface area contributed by atoms with Crippen LogP contribution in [-0.4, -0.2) is 20.9 Å². The fraction of sp³-hybridized carbons (Fsp3) is 0.286. The minimum absolute atomic E-state index is 0.0457. The first-order valence-electron chi connectivity index (χ1n) is 6.49. The predicted molar refractivity (Wildman–Crippen MR) is 75.5 cm³/mol. The Morgan fingerprint density at radius 2 is 2.10 bits per heavy atom. The van der Waals surface area contributed by atoms with Gasteiger partial charge in [0.05, 0.1) is 4.92 Å². The van der Waals surface area contributed by atoms with Gasteiger partial charge in [-0.1, -0.05) is 12.1 Å². The zero-order valence-corrected chi connectivity index (χ0v) is 11.0. The number of nitro benzene ring substituents is 1. The molecular weight excluding hydrogens is 256 g/mol. The van der Waals surface area contributed by atoms with E-state index in [0.29, 0.717) is 17.4 Å². The van der Waals surface area contributed by atoms with E-state index in [1.54, 1.807) is 12.1 Å². The lowest BCUT2D eigenvalue weighted by molar-refractivity contribution is -0.384. The molecule has 1 aliphatic rings. The Bertz CT molecular complexity index is 668. The fourth-order valence-electron chi connectivity index (χ4n) is 1.97. The summed E-state index contributed by atoms with van der Waals surface area (Å²) in [5, 5.41) is 14.1. The van der Waals surface area contributed by atoms with Crippen molar-refractivity contribution < 1.29 is 4.92 Å². The molecule has 0 radical (unpaired) electrons. The second kappa shape index (κ2) is 4.88. The average molecular weight is 270 g/mol. The summed E-state index contributed by atoms with van der Waals surface area (Å²) >= 11 is 0. The van der Waals surface area contributed by atoms with Gasteiger partial charge in [0.1, 0.15) is 5.82 Å². The van der Waals surface area contributed by atoms with Gasteiger partial charge in [0, 0.05) is 35.5 Å². The zero-order valence-electron chi connectivity index (χ0n) is 11.0. The molecule has 2 aromatic rings. The molecule has 0 bridgehead atoms. The van der Waals surface area contributed by atoms with E-state index in [-0.39, 0.29) is 5.69 Å². The van der Waals surface area contributed by atoms with Gasteiger partial charge in [-0.05, 0) is 19.8 Å². The molecule has 1 N–H and O–H groups in total.